The standard InChI is InChI=1S/C22H24N4O4S/c1-16-8-10-17(11-9-16)21-24-20(30-25-21)15-23-22(27)18-6-5-7-19(14-18)31(28,29)26-12-3-2-4-13-26/h5-11,14H,2-4,12-13,15H2,1H3,(H,23,27). The van der Waals surface area contributed by atoms with Crippen LogP contribution >= 0.6 is 0 Å². The predicted molar refractivity (Wildman–Crippen MR) is 115 cm³/mol. The van der Waals surface area contributed by atoms with Crippen molar-refractivity contribution in [2.24, 2.45) is 0 Å². The van der Waals surface area contributed by atoms with Gasteiger partial charge < -0.3 is 9.84 Å². The number of nitrogens with zero attached hydrogens (tertiary/aromatic N) is 3. The highest BCUT2D eigenvalue weighted by molar-refractivity contribution is 7.89. The van der Waals surface area contributed by atoms with Crippen molar-refractivity contribution >= 4 is 15.9 Å². The van der Waals surface area contributed by atoms with Gasteiger partial charge in [-0.15, -0.1) is 0 Å². The lowest BCUT2D eigenvalue weighted by Crippen LogP contribution is -2.35. The number of nitrogens with one attached hydrogen (secondary N) is 1. The first-order valence-corrected chi connectivity index (χ1v) is 11.7. The highest BCUT2D eigenvalue weighted by Crippen LogP contribution is 2.21. The first-order valence-electron chi connectivity index (χ1n) is 10.2. The topological polar surface area (TPSA) is 105 Å². The zero-order valence-corrected chi connectivity index (χ0v) is 18.1. The Labute approximate surface area is 181 Å². The van der Waals surface area contributed by atoms with Crippen molar-refractivity contribution < 1.29 is 17.7 Å². The van der Waals surface area contributed by atoms with Gasteiger partial charge in [-0.2, -0.15) is 9.29 Å². The minimum atomic E-state index is -3.60. The van der Waals surface area contributed by atoms with Crippen LogP contribution in [0.1, 0.15) is 41.1 Å². The summed E-state index contributed by atoms with van der Waals surface area (Å²) in [5.41, 5.74) is 2.21. The monoisotopic (exact) mass is 440 g/mol. The number of carbonyl (C=O) groups excluding carboxylic acids is 1. The van der Waals surface area contributed by atoms with Crippen molar-refractivity contribution in [3.63, 3.8) is 0 Å². The maximum Gasteiger partial charge on any atom is 0.251 e. The number of amides is 1. The lowest BCUT2D eigenvalue weighted by molar-refractivity contribution is 0.0946. The van der Waals surface area contributed by atoms with Crippen molar-refractivity contribution in [1.82, 2.24) is 19.8 Å². The first-order chi connectivity index (χ1) is 14.9. The Hall–Kier alpha value is -3.04. The van der Waals surface area contributed by atoms with Crippen molar-refractivity contribution in [2.45, 2.75) is 37.6 Å². The van der Waals surface area contributed by atoms with Gasteiger partial charge in [-0.05, 0) is 38.0 Å². The molecular formula is C22H24N4O4S. The molecule has 1 N–H and O–H groups in total. The second kappa shape index (κ2) is 8.99. The molecule has 0 spiro atoms. The van der Waals surface area contributed by atoms with Gasteiger partial charge >= 0.3 is 0 Å². The van der Waals surface area contributed by atoms with Crippen LogP contribution in [0.5, 0.6) is 0 Å². The fourth-order valence-electron chi connectivity index (χ4n) is 3.46. The second-order valence-corrected chi connectivity index (χ2v) is 9.49. The summed E-state index contributed by atoms with van der Waals surface area (Å²) in [6.07, 6.45) is 2.75. The Morgan fingerprint density at radius 1 is 1.10 bits per heavy atom. The van der Waals surface area contributed by atoms with E-state index in [9.17, 15) is 13.2 Å². The average Bonchev–Trinajstić information content (AvgIpc) is 3.27. The highest BCUT2D eigenvalue weighted by atomic mass is 32.2. The van der Waals surface area contributed by atoms with Crippen LogP contribution in [0.3, 0.4) is 0 Å². The molecule has 0 unspecified atom stereocenters. The zero-order valence-electron chi connectivity index (χ0n) is 17.2. The number of piperidine rings is 1. The molecule has 31 heavy (non-hydrogen) atoms. The molecule has 0 bridgehead atoms. The molecule has 4 rings (SSSR count). The Morgan fingerprint density at radius 2 is 1.84 bits per heavy atom. The number of sulfonamides is 1. The highest BCUT2D eigenvalue weighted by Gasteiger charge is 2.26. The summed E-state index contributed by atoms with van der Waals surface area (Å²) < 4.78 is 32.4. The molecule has 1 aliphatic heterocycles. The third kappa shape index (κ3) is 4.83. The van der Waals surface area contributed by atoms with E-state index in [1.54, 1.807) is 12.1 Å². The van der Waals surface area contributed by atoms with E-state index in [1.165, 1.54) is 16.4 Å². The first kappa shape index (κ1) is 21.2. The van der Waals surface area contributed by atoms with Crippen LogP contribution in [0.4, 0.5) is 0 Å². The van der Waals surface area contributed by atoms with Crippen molar-refractivity contribution in [1.29, 1.82) is 0 Å². The van der Waals surface area contributed by atoms with Gasteiger partial charge in [0, 0.05) is 24.2 Å². The van der Waals surface area contributed by atoms with Crippen LogP contribution in [0.15, 0.2) is 57.9 Å². The summed E-state index contributed by atoms with van der Waals surface area (Å²) in [5.74, 6) is 0.297. The van der Waals surface area contributed by atoms with Gasteiger partial charge in [-0.25, -0.2) is 8.42 Å². The molecule has 8 nitrogen and oxygen atoms in total. The fraction of sp³-hybridized carbons (Fsp3) is 0.318. The van der Waals surface area contributed by atoms with E-state index in [2.05, 4.69) is 15.5 Å². The molecule has 2 heterocycles. The van der Waals surface area contributed by atoms with Crippen LogP contribution in [0, 0.1) is 6.92 Å². The van der Waals surface area contributed by atoms with Gasteiger partial charge in [0.1, 0.15) is 0 Å². The molecule has 1 fully saturated rings. The average molecular weight is 441 g/mol. The lowest BCUT2D eigenvalue weighted by Gasteiger charge is -2.26. The molecule has 1 aromatic heterocycles. The zero-order chi connectivity index (χ0) is 21.8. The number of carbonyl (C=O) groups is 1. The number of aromatic nitrogens is 2. The van der Waals surface area contributed by atoms with Crippen molar-refractivity contribution in [2.75, 3.05) is 13.1 Å². The number of hydrogen-bond donors (Lipinski definition) is 1. The molecule has 162 valence electrons. The van der Waals surface area contributed by atoms with Crippen LogP contribution in [-0.2, 0) is 16.6 Å². The van der Waals surface area contributed by atoms with Gasteiger partial charge in [0.15, 0.2) is 0 Å². The third-order valence-corrected chi connectivity index (χ3v) is 7.12. The predicted octanol–water partition coefficient (Wildman–Crippen LogP) is 3.15. The minimum Gasteiger partial charge on any atom is -0.343 e. The Bertz CT molecular complexity index is 1170. The van der Waals surface area contributed by atoms with Gasteiger partial charge in [0.05, 0.1) is 11.4 Å². The Kier molecular flexibility index (Phi) is 6.15. The summed E-state index contributed by atoms with van der Waals surface area (Å²) >= 11 is 0. The van der Waals surface area contributed by atoms with Crippen LogP contribution in [0.25, 0.3) is 11.4 Å². The second-order valence-electron chi connectivity index (χ2n) is 7.55. The molecule has 1 amide bonds. The number of rotatable bonds is 6. The summed E-state index contributed by atoms with van der Waals surface area (Å²) in [7, 11) is -3.60. The van der Waals surface area contributed by atoms with Gasteiger partial charge in [-0.3, -0.25) is 4.79 Å². The summed E-state index contributed by atoms with van der Waals surface area (Å²) in [4.78, 5) is 17.0. The molecule has 3 aromatic rings. The van der Waals surface area contributed by atoms with E-state index in [-0.39, 0.29) is 22.9 Å². The number of hydrogen-bond acceptors (Lipinski definition) is 6. The molecule has 0 saturated carbocycles. The maximum absolute atomic E-state index is 12.9. The fourth-order valence-corrected chi connectivity index (χ4v) is 5.02. The van der Waals surface area contributed by atoms with Crippen LogP contribution in [0.2, 0.25) is 0 Å². The van der Waals surface area contributed by atoms with E-state index >= 15 is 0 Å². The molecule has 9 heteroatoms. The van der Waals surface area contributed by atoms with Gasteiger partial charge in [0.25, 0.3) is 5.91 Å². The molecular weight excluding hydrogens is 416 g/mol. The van der Waals surface area contributed by atoms with Crippen LogP contribution in [-0.4, -0.2) is 41.9 Å². The lowest BCUT2D eigenvalue weighted by atomic mass is 10.1. The maximum atomic E-state index is 12.9. The number of benzene rings is 2. The Morgan fingerprint density at radius 3 is 2.58 bits per heavy atom. The summed E-state index contributed by atoms with van der Waals surface area (Å²) in [6, 6.07) is 13.8. The molecule has 0 radical (unpaired) electrons. The Balaban J connectivity index is 1.42. The van der Waals surface area contributed by atoms with E-state index < -0.39 is 15.9 Å². The molecule has 0 aliphatic carbocycles. The van der Waals surface area contributed by atoms with E-state index in [0.717, 1.165) is 30.4 Å². The van der Waals surface area contributed by atoms with Crippen molar-refractivity contribution in [3.05, 3.63) is 65.5 Å². The third-order valence-electron chi connectivity index (χ3n) is 5.23. The largest absolute Gasteiger partial charge is 0.343 e. The molecule has 1 saturated heterocycles. The van der Waals surface area contributed by atoms with Gasteiger partial charge in [-0.1, -0.05) is 47.5 Å². The molecule has 0 atom stereocenters. The summed E-state index contributed by atoms with van der Waals surface area (Å²) in [6.45, 7) is 3.06. The van der Waals surface area contributed by atoms with E-state index in [0.29, 0.717) is 18.9 Å². The quantitative estimate of drug-likeness (QED) is 0.631. The normalized spacial score (nSPS) is 15.0. The van der Waals surface area contributed by atoms with Gasteiger partial charge in [0.2, 0.25) is 21.7 Å². The smallest absolute Gasteiger partial charge is 0.251 e. The summed E-state index contributed by atoms with van der Waals surface area (Å²) in [5, 5.41) is 6.65. The van der Waals surface area contributed by atoms with E-state index in [1.807, 2.05) is 31.2 Å². The van der Waals surface area contributed by atoms with E-state index in [4.69, 9.17) is 4.52 Å². The van der Waals surface area contributed by atoms with Crippen molar-refractivity contribution in [3.8, 4) is 11.4 Å². The number of aryl methyl sites for hydroxylation is 1. The molecule has 1 aliphatic rings. The SMILES string of the molecule is Cc1ccc(-c2noc(CNC(=O)c3cccc(S(=O)(=O)N4CCCCC4)c3)n2)cc1. The molecule has 2 aromatic carbocycles. The van der Waals surface area contributed by atoms with Crippen LogP contribution < -0.4 is 5.32 Å². The minimum absolute atomic E-state index is 0.0425.